The Morgan fingerprint density at radius 2 is 2.00 bits per heavy atom. The molecule has 0 heterocycles. The second-order valence-electron chi connectivity index (χ2n) is 4.39. The predicted octanol–water partition coefficient (Wildman–Crippen LogP) is 5.08. The van der Waals surface area contributed by atoms with Crippen LogP contribution < -0.4 is 10.1 Å². The molecular formula is C15H12BrCl2NO2. The van der Waals surface area contributed by atoms with Crippen molar-refractivity contribution in [2.24, 2.45) is 0 Å². The van der Waals surface area contributed by atoms with Crippen molar-refractivity contribution in [3.05, 3.63) is 56.5 Å². The van der Waals surface area contributed by atoms with E-state index in [1.807, 2.05) is 25.1 Å². The molecule has 0 unspecified atom stereocenters. The van der Waals surface area contributed by atoms with Gasteiger partial charge in [-0.15, -0.1) is 0 Å². The van der Waals surface area contributed by atoms with Gasteiger partial charge in [0.1, 0.15) is 5.75 Å². The molecule has 2 rings (SSSR count). The minimum absolute atomic E-state index is 0.137. The summed E-state index contributed by atoms with van der Waals surface area (Å²) >= 11 is 15.2. The van der Waals surface area contributed by atoms with E-state index in [0.717, 1.165) is 10.0 Å². The molecular weight excluding hydrogens is 377 g/mol. The number of amides is 1. The van der Waals surface area contributed by atoms with Crippen LogP contribution >= 0.6 is 39.1 Å². The third-order valence-corrected chi connectivity index (χ3v) is 3.84. The van der Waals surface area contributed by atoms with Gasteiger partial charge in [0.05, 0.1) is 10.7 Å². The fourth-order valence-corrected chi connectivity index (χ4v) is 2.70. The molecule has 21 heavy (non-hydrogen) atoms. The van der Waals surface area contributed by atoms with Gasteiger partial charge in [0.25, 0.3) is 5.91 Å². The van der Waals surface area contributed by atoms with Gasteiger partial charge >= 0.3 is 0 Å². The molecule has 0 atom stereocenters. The van der Waals surface area contributed by atoms with Gasteiger partial charge in [-0.2, -0.15) is 0 Å². The van der Waals surface area contributed by atoms with Gasteiger partial charge in [-0.1, -0.05) is 29.3 Å². The maximum Gasteiger partial charge on any atom is 0.262 e. The molecule has 1 N–H and O–H groups in total. The predicted molar refractivity (Wildman–Crippen MR) is 89.5 cm³/mol. The van der Waals surface area contributed by atoms with Crippen molar-refractivity contribution in [3.63, 3.8) is 0 Å². The number of hydrogen-bond acceptors (Lipinski definition) is 2. The van der Waals surface area contributed by atoms with E-state index in [9.17, 15) is 4.79 Å². The number of halogens is 3. The maximum absolute atomic E-state index is 11.9. The fraction of sp³-hybridized carbons (Fsp3) is 0.133. The standard InChI is InChI=1S/C15H12BrCl2NO2/c1-9-2-4-13(11(16)6-9)19-15(20)8-21-14-5-3-10(17)7-12(14)18/h2-7H,8H2,1H3,(H,19,20). The van der Waals surface area contributed by atoms with Crippen molar-refractivity contribution in [1.82, 2.24) is 0 Å². The van der Waals surface area contributed by atoms with E-state index in [-0.39, 0.29) is 12.5 Å². The van der Waals surface area contributed by atoms with E-state index in [4.69, 9.17) is 27.9 Å². The van der Waals surface area contributed by atoms with Gasteiger partial charge in [0.2, 0.25) is 0 Å². The zero-order valence-corrected chi connectivity index (χ0v) is 14.2. The van der Waals surface area contributed by atoms with Crippen LogP contribution in [0.3, 0.4) is 0 Å². The van der Waals surface area contributed by atoms with Crippen molar-refractivity contribution in [2.75, 3.05) is 11.9 Å². The van der Waals surface area contributed by atoms with Gasteiger partial charge in [-0.25, -0.2) is 0 Å². The minimum Gasteiger partial charge on any atom is -0.482 e. The Balaban J connectivity index is 1.96. The summed E-state index contributed by atoms with van der Waals surface area (Å²) < 4.78 is 6.19. The average Bonchev–Trinajstić information content (AvgIpc) is 2.41. The molecule has 0 bridgehead atoms. The first-order valence-electron chi connectivity index (χ1n) is 6.09. The first-order valence-corrected chi connectivity index (χ1v) is 7.64. The van der Waals surface area contributed by atoms with Crippen LogP contribution in [0.5, 0.6) is 5.75 Å². The summed E-state index contributed by atoms with van der Waals surface area (Å²) in [6.07, 6.45) is 0. The third kappa shape index (κ3) is 4.63. The summed E-state index contributed by atoms with van der Waals surface area (Å²) in [5, 5.41) is 3.64. The van der Waals surface area contributed by atoms with Crippen molar-refractivity contribution in [1.29, 1.82) is 0 Å². The SMILES string of the molecule is Cc1ccc(NC(=O)COc2ccc(Cl)cc2Cl)c(Br)c1. The van der Waals surface area contributed by atoms with Gasteiger partial charge in [0, 0.05) is 9.50 Å². The molecule has 6 heteroatoms. The first-order chi connectivity index (χ1) is 9.95. The third-order valence-electron chi connectivity index (χ3n) is 2.65. The van der Waals surface area contributed by atoms with E-state index in [1.165, 1.54) is 0 Å². The lowest BCUT2D eigenvalue weighted by atomic mass is 10.2. The molecule has 0 radical (unpaired) electrons. The van der Waals surface area contributed by atoms with Crippen molar-refractivity contribution in [3.8, 4) is 5.75 Å². The van der Waals surface area contributed by atoms with E-state index in [0.29, 0.717) is 21.5 Å². The maximum atomic E-state index is 11.9. The van der Waals surface area contributed by atoms with Crippen molar-refractivity contribution in [2.45, 2.75) is 6.92 Å². The Morgan fingerprint density at radius 1 is 1.24 bits per heavy atom. The normalized spacial score (nSPS) is 10.3. The van der Waals surface area contributed by atoms with Crippen molar-refractivity contribution < 1.29 is 9.53 Å². The highest BCUT2D eigenvalue weighted by molar-refractivity contribution is 9.10. The van der Waals surface area contributed by atoms with Crippen molar-refractivity contribution >= 4 is 50.7 Å². The number of carbonyl (C=O) groups excluding carboxylic acids is 1. The zero-order valence-electron chi connectivity index (χ0n) is 11.1. The number of ether oxygens (including phenoxy) is 1. The number of hydrogen-bond donors (Lipinski definition) is 1. The number of rotatable bonds is 4. The van der Waals surface area contributed by atoms with Crippen LogP contribution in [0.4, 0.5) is 5.69 Å². The van der Waals surface area contributed by atoms with E-state index < -0.39 is 0 Å². The average molecular weight is 389 g/mol. The number of carbonyl (C=O) groups is 1. The summed E-state index contributed by atoms with van der Waals surface area (Å²) in [7, 11) is 0. The molecule has 2 aromatic rings. The summed E-state index contributed by atoms with van der Waals surface area (Å²) in [6.45, 7) is 1.84. The first kappa shape index (κ1) is 16.1. The summed E-state index contributed by atoms with van der Waals surface area (Å²) in [5.41, 5.74) is 1.79. The number of anilines is 1. The minimum atomic E-state index is -0.273. The fourth-order valence-electron chi connectivity index (χ4n) is 1.64. The van der Waals surface area contributed by atoms with Crippen LogP contribution in [0.1, 0.15) is 5.56 Å². The van der Waals surface area contributed by atoms with Gasteiger partial charge in [-0.3, -0.25) is 4.79 Å². The Bertz CT molecular complexity index is 677. The van der Waals surface area contributed by atoms with E-state index >= 15 is 0 Å². The van der Waals surface area contributed by atoms with Crippen LogP contribution in [-0.4, -0.2) is 12.5 Å². The lowest BCUT2D eigenvalue weighted by molar-refractivity contribution is -0.118. The lowest BCUT2D eigenvalue weighted by Gasteiger charge is -2.10. The molecule has 0 fully saturated rings. The highest BCUT2D eigenvalue weighted by atomic mass is 79.9. The molecule has 0 saturated heterocycles. The molecule has 3 nitrogen and oxygen atoms in total. The van der Waals surface area contributed by atoms with Gasteiger partial charge in [0.15, 0.2) is 6.61 Å². The second-order valence-corrected chi connectivity index (χ2v) is 6.09. The Labute approximate surface area is 141 Å². The van der Waals surface area contributed by atoms with Crippen LogP contribution in [0.15, 0.2) is 40.9 Å². The zero-order chi connectivity index (χ0) is 15.4. The number of benzene rings is 2. The molecule has 0 aliphatic rings. The van der Waals surface area contributed by atoms with E-state index in [2.05, 4.69) is 21.2 Å². The molecule has 1 amide bonds. The van der Waals surface area contributed by atoms with E-state index in [1.54, 1.807) is 18.2 Å². The van der Waals surface area contributed by atoms with Crippen LogP contribution in [0.25, 0.3) is 0 Å². The monoisotopic (exact) mass is 387 g/mol. The topological polar surface area (TPSA) is 38.3 Å². The molecule has 0 aliphatic carbocycles. The van der Waals surface area contributed by atoms with Gasteiger partial charge < -0.3 is 10.1 Å². The molecule has 0 aliphatic heterocycles. The summed E-state index contributed by atoms with van der Waals surface area (Å²) in [5.74, 6) is 0.143. The largest absolute Gasteiger partial charge is 0.482 e. The van der Waals surface area contributed by atoms with Gasteiger partial charge in [-0.05, 0) is 58.7 Å². The molecule has 0 spiro atoms. The number of nitrogens with one attached hydrogen (secondary N) is 1. The molecule has 110 valence electrons. The second kappa shape index (κ2) is 7.16. The van der Waals surface area contributed by atoms with Crippen LogP contribution in [0.2, 0.25) is 10.0 Å². The Morgan fingerprint density at radius 3 is 2.67 bits per heavy atom. The number of aryl methyl sites for hydroxylation is 1. The smallest absolute Gasteiger partial charge is 0.262 e. The highest BCUT2D eigenvalue weighted by Gasteiger charge is 2.08. The quantitative estimate of drug-likeness (QED) is 0.792. The highest BCUT2D eigenvalue weighted by Crippen LogP contribution is 2.27. The molecule has 0 aromatic heterocycles. The Hall–Kier alpha value is -1.23. The Kier molecular flexibility index (Phi) is 5.51. The summed E-state index contributed by atoms with van der Waals surface area (Å²) in [6, 6.07) is 10.5. The molecule has 2 aromatic carbocycles. The lowest BCUT2D eigenvalue weighted by Crippen LogP contribution is -2.20. The van der Waals surface area contributed by atoms with Crippen LogP contribution in [0, 0.1) is 6.92 Å². The molecule has 0 saturated carbocycles. The van der Waals surface area contributed by atoms with Crippen LogP contribution in [-0.2, 0) is 4.79 Å². The summed E-state index contributed by atoms with van der Waals surface area (Å²) in [4.78, 5) is 11.9.